The van der Waals surface area contributed by atoms with Gasteiger partial charge in [-0.15, -0.1) is 0 Å². The molecule has 0 aliphatic heterocycles. The maximum Gasteiger partial charge on any atom is 0.230 e. The molecule has 3 nitrogen and oxygen atoms in total. The predicted molar refractivity (Wildman–Crippen MR) is 71.9 cm³/mol. The lowest BCUT2D eigenvalue weighted by atomic mass is 10.2. The van der Waals surface area contributed by atoms with Gasteiger partial charge < -0.3 is 5.32 Å². The molecule has 2 aromatic rings. The lowest BCUT2D eigenvalue weighted by Crippen LogP contribution is -1.97. The molecule has 0 aliphatic rings. The van der Waals surface area contributed by atoms with Crippen molar-refractivity contribution >= 4 is 40.9 Å². The summed E-state index contributed by atoms with van der Waals surface area (Å²) >= 11 is 11.6. The summed E-state index contributed by atoms with van der Waals surface area (Å²) in [4.78, 5) is 8.02. The topological polar surface area (TPSA) is 37.8 Å². The molecular formula is C12H9Cl2N3. The van der Waals surface area contributed by atoms with E-state index in [0.717, 1.165) is 11.3 Å². The maximum absolute atomic E-state index is 5.78. The Morgan fingerprint density at radius 1 is 1.06 bits per heavy atom. The Morgan fingerprint density at radius 3 is 2.18 bits per heavy atom. The van der Waals surface area contributed by atoms with Crippen LogP contribution in [0.5, 0.6) is 0 Å². The third kappa shape index (κ3) is 3.19. The number of aromatic nitrogens is 2. The van der Waals surface area contributed by atoms with Gasteiger partial charge >= 0.3 is 0 Å². The van der Waals surface area contributed by atoms with Gasteiger partial charge in [0.1, 0.15) is 10.3 Å². The molecule has 1 heterocycles. The molecule has 0 saturated carbocycles. The molecule has 17 heavy (non-hydrogen) atoms. The Labute approximate surface area is 109 Å². The minimum absolute atomic E-state index is 0.301. The summed E-state index contributed by atoms with van der Waals surface area (Å²) in [7, 11) is 0. The van der Waals surface area contributed by atoms with Crippen LogP contribution >= 0.6 is 23.2 Å². The first-order valence-electron chi connectivity index (χ1n) is 4.87. The molecular weight excluding hydrogens is 257 g/mol. The number of nitrogens with zero attached hydrogens (tertiary/aromatic N) is 2. The molecule has 0 atom stereocenters. The Hall–Kier alpha value is -1.58. The molecule has 2 rings (SSSR count). The SMILES string of the molecule is C=Cc1ccc(Nc2nc(Cl)cc(Cl)n2)cc1. The second-order valence-corrected chi connectivity index (χ2v) is 4.06. The fourth-order valence-electron chi connectivity index (χ4n) is 1.28. The van der Waals surface area contributed by atoms with Crippen LogP contribution in [0.2, 0.25) is 10.3 Å². The quantitative estimate of drug-likeness (QED) is 0.847. The van der Waals surface area contributed by atoms with E-state index in [-0.39, 0.29) is 0 Å². The van der Waals surface area contributed by atoms with E-state index in [1.165, 1.54) is 6.07 Å². The molecule has 0 bridgehead atoms. The van der Waals surface area contributed by atoms with Gasteiger partial charge in [0.15, 0.2) is 0 Å². The maximum atomic E-state index is 5.78. The van der Waals surface area contributed by atoms with Crippen LogP contribution in [0.25, 0.3) is 6.08 Å². The predicted octanol–water partition coefficient (Wildman–Crippen LogP) is 4.17. The molecule has 0 saturated heterocycles. The number of halogens is 2. The molecule has 0 unspecified atom stereocenters. The molecule has 1 aromatic carbocycles. The van der Waals surface area contributed by atoms with Crippen molar-refractivity contribution < 1.29 is 0 Å². The van der Waals surface area contributed by atoms with Crippen LogP contribution in [-0.4, -0.2) is 9.97 Å². The molecule has 0 amide bonds. The van der Waals surface area contributed by atoms with Crippen LogP contribution < -0.4 is 5.32 Å². The van der Waals surface area contributed by atoms with Crippen LogP contribution in [0.15, 0.2) is 36.9 Å². The zero-order valence-corrected chi connectivity index (χ0v) is 10.3. The van der Waals surface area contributed by atoms with Gasteiger partial charge in [0.25, 0.3) is 0 Å². The van der Waals surface area contributed by atoms with Gasteiger partial charge in [0.2, 0.25) is 5.95 Å². The van der Waals surface area contributed by atoms with Crippen LogP contribution in [0.3, 0.4) is 0 Å². The van der Waals surface area contributed by atoms with Crippen LogP contribution in [0, 0.1) is 0 Å². The van der Waals surface area contributed by atoms with Gasteiger partial charge in [-0.05, 0) is 17.7 Å². The minimum Gasteiger partial charge on any atom is -0.324 e. The summed E-state index contributed by atoms with van der Waals surface area (Å²) in [6.07, 6.45) is 1.77. The average Bonchev–Trinajstić information content (AvgIpc) is 2.28. The van der Waals surface area contributed by atoms with E-state index in [0.29, 0.717) is 16.3 Å². The standard InChI is InChI=1S/C12H9Cl2N3/c1-2-8-3-5-9(6-4-8)15-12-16-10(13)7-11(14)17-12/h2-7H,1H2,(H,15,16,17). The van der Waals surface area contributed by atoms with Crippen LogP contribution in [0.1, 0.15) is 5.56 Å². The van der Waals surface area contributed by atoms with E-state index in [9.17, 15) is 0 Å². The fourth-order valence-corrected chi connectivity index (χ4v) is 1.70. The monoisotopic (exact) mass is 265 g/mol. The molecule has 0 spiro atoms. The first-order valence-corrected chi connectivity index (χ1v) is 5.62. The number of hydrogen-bond acceptors (Lipinski definition) is 3. The minimum atomic E-state index is 0.301. The van der Waals surface area contributed by atoms with Gasteiger partial charge in [-0.3, -0.25) is 0 Å². The molecule has 0 aliphatic carbocycles. The summed E-state index contributed by atoms with van der Waals surface area (Å²) in [6.45, 7) is 3.69. The van der Waals surface area contributed by atoms with Crippen molar-refractivity contribution in [2.75, 3.05) is 5.32 Å². The van der Waals surface area contributed by atoms with Gasteiger partial charge in [0, 0.05) is 11.8 Å². The van der Waals surface area contributed by atoms with Crippen molar-refractivity contribution in [2.45, 2.75) is 0 Å². The lowest BCUT2D eigenvalue weighted by molar-refractivity contribution is 1.17. The van der Waals surface area contributed by atoms with Gasteiger partial charge in [-0.1, -0.05) is 48.0 Å². The van der Waals surface area contributed by atoms with E-state index in [2.05, 4.69) is 21.9 Å². The first-order chi connectivity index (χ1) is 8.17. The van der Waals surface area contributed by atoms with E-state index >= 15 is 0 Å². The Bertz CT molecular complexity index is 518. The molecule has 5 heteroatoms. The van der Waals surface area contributed by atoms with E-state index < -0.39 is 0 Å². The van der Waals surface area contributed by atoms with Gasteiger partial charge in [-0.25, -0.2) is 9.97 Å². The smallest absolute Gasteiger partial charge is 0.230 e. The van der Waals surface area contributed by atoms with E-state index in [1.54, 1.807) is 6.08 Å². The van der Waals surface area contributed by atoms with Crippen molar-refractivity contribution in [2.24, 2.45) is 0 Å². The normalized spacial score (nSPS) is 10.0. The van der Waals surface area contributed by atoms with Gasteiger partial charge in [0.05, 0.1) is 0 Å². The Morgan fingerprint density at radius 2 is 1.65 bits per heavy atom. The van der Waals surface area contributed by atoms with Crippen molar-refractivity contribution in [1.82, 2.24) is 9.97 Å². The highest BCUT2D eigenvalue weighted by molar-refractivity contribution is 6.33. The van der Waals surface area contributed by atoms with Crippen molar-refractivity contribution in [3.05, 3.63) is 52.8 Å². The zero-order chi connectivity index (χ0) is 12.3. The summed E-state index contributed by atoms with van der Waals surface area (Å²) in [5.41, 5.74) is 1.90. The highest BCUT2D eigenvalue weighted by Gasteiger charge is 2.01. The summed E-state index contributed by atoms with van der Waals surface area (Å²) in [6, 6.07) is 9.14. The van der Waals surface area contributed by atoms with Gasteiger partial charge in [-0.2, -0.15) is 0 Å². The van der Waals surface area contributed by atoms with Crippen LogP contribution in [-0.2, 0) is 0 Å². The summed E-state index contributed by atoms with van der Waals surface area (Å²) < 4.78 is 0. The van der Waals surface area contributed by atoms with E-state index in [1.807, 2.05) is 24.3 Å². The van der Waals surface area contributed by atoms with Crippen LogP contribution in [0.4, 0.5) is 11.6 Å². The number of anilines is 2. The molecule has 1 aromatic heterocycles. The first kappa shape index (κ1) is 11.9. The highest BCUT2D eigenvalue weighted by atomic mass is 35.5. The molecule has 1 N–H and O–H groups in total. The summed E-state index contributed by atoms with van der Waals surface area (Å²) in [5.74, 6) is 0.369. The average molecular weight is 266 g/mol. The molecule has 0 fully saturated rings. The second kappa shape index (κ2) is 5.17. The fraction of sp³-hybridized carbons (Fsp3) is 0. The number of rotatable bonds is 3. The molecule has 0 radical (unpaired) electrons. The van der Waals surface area contributed by atoms with E-state index in [4.69, 9.17) is 23.2 Å². The van der Waals surface area contributed by atoms with Crippen molar-refractivity contribution in [3.8, 4) is 0 Å². The largest absolute Gasteiger partial charge is 0.324 e. The summed E-state index contributed by atoms with van der Waals surface area (Å²) in [5, 5.41) is 3.61. The highest BCUT2D eigenvalue weighted by Crippen LogP contribution is 2.18. The Kier molecular flexibility index (Phi) is 3.61. The van der Waals surface area contributed by atoms with Crippen molar-refractivity contribution in [3.63, 3.8) is 0 Å². The van der Waals surface area contributed by atoms with Crippen molar-refractivity contribution in [1.29, 1.82) is 0 Å². The zero-order valence-electron chi connectivity index (χ0n) is 8.82. The second-order valence-electron chi connectivity index (χ2n) is 3.29. The number of nitrogens with one attached hydrogen (secondary N) is 1. The lowest BCUT2D eigenvalue weighted by Gasteiger charge is -2.05. The number of benzene rings is 1. The molecule has 86 valence electrons. The Balaban J connectivity index is 2.21. The third-order valence-corrected chi connectivity index (χ3v) is 2.45. The number of hydrogen-bond donors (Lipinski definition) is 1. The third-order valence-electron chi connectivity index (χ3n) is 2.07.